The molecule has 2 aromatic heterocycles. The van der Waals surface area contributed by atoms with Crippen molar-refractivity contribution in [3.8, 4) is 0 Å². The van der Waals surface area contributed by atoms with Crippen LogP contribution in [0.5, 0.6) is 0 Å². The fourth-order valence-electron chi connectivity index (χ4n) is 4.73. The first-order valence-corrected chi connectivity index (χ1v) is 11.4. The Morgan fingerprint density at radius 3 is 2.45 bits per heavy atom. The number of hydrogen-bond acceptors (Lipinski definition) is 6. The van der Waals surface area contributed by atoms with Gasteiger partial charge in [0, 0.05) is 55.4 Å². The number of aromatic amines is 1. The molecule has 33 heavy (non-hydrogen) atoms. The van der Waals surface area contributed by atoms with Gasteiger partial charge in [-0.2, -0.15) is 0 Å². The van der Waals surface area contributed by atoms with E-state index in [0.717, 1.165) is 24.1 Å². The molecule has 0 bridgehead atoms. The minimum absolute atomic E-state index is 0.0504. The van der Waals surface area contributed by atoms with E-state index in [-0.39, 0.29) is 18.0 Å². The van der Waals surface area contributed by atoms with Crippen LogP contribution in [0.3, 0.4) is 0 Å². The van der Waals surface area contributed by atoms with Crippen LogP contribution in [-0.4, -0.2) is 56.5 Å². The molecule has 0 radical (unpaired) electrons. The fourth-order valence-corrected chi connectivity index (χ4v) is 4.73. The number of amides is 1. The first kappa shape index (κ1) is 21.1. The highest BCUT2D eigenvalue weighted by Crippen LogP contribution is 2.20. The molecule has 9 heteroatoms. The van der Waals surface area contributed by atoms with E-state index in [0.29, 0.717) is 56.1 Å². The molecule has 0 spiro atoms. The van der Waals surface area contributed by atoms with Crippen molar-refractivity contribution in [1.82, 2.24) is 24.4 Å². The fraction of sp³-hybridized carbons (Fsp3) is 0.375. The molecule has 1 amide bonds. The minimum Gasteiger partial charge on any atom is -0.337 e. The highest BCUT2D eigenvalue weighted by molar-refractivity contribution is 5.95. The normalized spacial score (nSPS) is 15.9. The maximum Gasteiger partial charge on any atom is 0.328 e. The lowest BCUT2D eigenvalue weighted by Gasteiger charge is -2.35. The standard InChI is InChI=1S/C24H26N6O3/c31-21-19-8-3-4-9-20(19)30(24(33)27-21)16-17-6-1-2-7-18(17)22(32)28-12-14-29(15-13-28)23-25-10-5-11-26-23/h1-2,5-7,10-11H,3-4,8-9,12-16H2,(H,27,31,33). The number of nitrogens with zero attached hydrogens (tertiary/aromatic N) is 5. The number of aromatic nitrogens is 4. The van der Waals surface area contributed by atoms with Crippen molar-refractivity contribution in [3.63, 3.8) is 0 Å². The molecule has 2 aliphatic rings. The number of carbonyl (C=O) groups excluding carboxylic acids is 1. The van der Waals surface area contributed by atoms with Crippen molar-refractivity contribution in [3.05, 3.63) is 85.9 Å². The van der Waals surface area contributed by atoms with Gasteiger partial charge >= 0.3 is 5.69 Å². The summed E-state index contributed by atoms with van der Waals surface area (Å²) in [6.07, 6.45) is 6.71. The van der Waals surface area contributed by atoms with Crippen LogP contribution in [0.25, 0.3) is 0 Å². The van der Waals surface area contributed by atoms with Gasteiger partial charge in [-0.3, -0.25) is 19.1 Å². The Morgan fingerprint density at radius 1 is 0.939 bits per heavy atom. The van der Waals surface area contributed by atoms with Crippen molar-refractivity contribution in [2.24, 2.45) is 0 Å². The number of carbonyl (C=O) groups is 1. The van der Waals surface area contributed by atoms with Gasteiger partial charge in [0.1, 0.15) is 0 Å². The van der Waals surface area contributed by atoms with Gasteiger partial charge in [-0.25, -0.2) is 14.8 Å². The summed E-state index contributed by atoms with van der Waals surface area (Å²) >= 11 is 0. The third-order valence-electron chi connectivity index (χ3n) is 6.48. The molecule has 3 aromatic rings. The second-order valence-corrected chi connectivity index (χ2v) is 8.46. The number of nitrogens with one attached hydrogen (secondary N) is 1. The van der Waals surface area contributed by atoms with Crippen LogP contribution < -0.4 is 16.1 Å². The molecule has 1 aromatic carbocycles. The van der Waals surface area contributed by atoms with Gasteiger partial charge in [-0.15, -0.1) is 0 Å². The van der Waals surface area contributed by atoms with Gasteiger partial charge in [-0.05, 0) is 43.4 Å². The quantitative estimate of drug-likeness (QED) is 0.646. The maximum atomic E-state index is 13.4. The molecule has 1 fully saturated rings. The van der Waals surface area contributed by atoms with E-state index in [4.69, 9.17) is 0 Å². The second kappa shape index (κ2) is 9.01. The van der Waals surface area contributed by atoms with Crippen molar-refractivity contribution in [1.29, 1.82) is 0 Å². The van der Waals surface area contributed by atoms with Crippen molar-refractivity contribution < 1.29 is 4.79 Å². The highest BCUT2D eigenvalue weighted by atomic mass is 16.2. The van der Waals surface area contributed by atoms with E-state index >= 15 is 0 Å². The van der Waals surface area contributed by atoms with Crippen molar-refractivity contribution >= 4 is 11.9 Å². The number of H-pyrrole nitrogens is 1. The van der Waals surface area contributed by atoms with Gasteiger partial charge in [-0.1, -0.05) is 18.2 Å². The second-order valence-electron chi connectivity index (χ2n) is 8.46. The van der Waals surface area contributed by atoms with Crippen LogP contribution in [0.15, 0.2) is 52.3 Å². The zero-order chi connectivity index (χ0) is 22.8. The first-order valence-electron chi connectivity index (χ1n) is 11.4. The Kier molecular flexibility index (Phi) is 5.77. The van der Waals surface area contributed by atoms with Gasteiger partial charge < -0.3 is 9.80 Å². The minimum atomic E-state index is -0.417. The van der Waals surface area contributed by atoms with Crippen LogP contribution in [0.1, 0.15) is 40.0 Å². The molecular weight excluding hydrogens is 420 g/mol. The molecular formula is C24H26N6O3. The highest BCUT2D eigenvalue weighted by Gasteiger charge is 2.25. The first-order chi connectivity index (χ1) is 16.1. The summed E-state index contributed by atoms with van der Waals surface area (Å²) in [7, 11) is 0. The van der Waals surface area contributed by atoms with Crippen LogP contribution in [0, 0.1) is 0 Å². The zero-order valence-electron chi connectivity index (χ0n) is 18.4. The maximum absolute atomic E-state index is 13.4. The van der Waals surface area contributed by atoms with E-state index in [1.165, 1.54) is 0 Å². The predicted molar refractivity (Wildman–Crippen MR) is 124 cm³/mol. The van der Waals surface area contributed by atoms with Gasteiger partial charge in [0.25, 0.3) is 11.5 Å². The van der Waals surface area contributed by atoms with Crippen LogP contribution in [0.4, 0.5) is 5.95 Å². The van der Waals surface area contributed by atoms with Crippen molar-refractivity contribution in [2.75, 3.05) is 31.1 Å². The molecule has 1 N–H and O–H groups in total. The Labute approximate surface area is 190 Å². The number of rotatable bonds is 4. The molecule has 9 nitrogen and oxygen atoms in total. The summed E-state index contributed by atoms with van der Waals surface area (Å²) in [5.41, 5.74) is 2.16. The number of anilines is 1. The summed E-state index contributed by atoms with van der Waals surface area (Å²) < 4.78 is 1.63. The summed E-state index contributed by atoms with van der Waals surface area (Å²) in [6.45, 7) is 2.71. The van der Waals surface area contributed by atoms with Crippen LogP contribution >= 0.6 is 0 Å². The van der Waals surface area contributed by atoms with E-state index in [1.807, 2.05) is 29.2 Å². The SMILES string of the molecule is O=C(c1ccccc1Cn1c2c(c(=O)[nH]c1=O)CCCC2)N1CCN(c2ncccn2)CC1. The van der Waals surface area contributed by atoms with E-state index in [2.05, 4.69) is 19.9 Å². The van der Waals surface area contributed by atoms with Gasteiger partial charge in [0.15, 0.2) is 0 Å². The summed E-state index contributed by atoms with van der Waals surface area (Å²) in [4.78, 5) is 53.3. The van der Waals surface area contributed by atoms with Gasteiger partial charge in [0.05, 0.1) is 6.54 Å². The average Bonchev–Trinajstić information content (AvgIpc) is 2.87. The van der Waals surface area contributed by atoms with E-state index in [1.54, 1.807) is 23.0 Å². The number of fused-ring (bicyclic) bond motifs is 1. The third-order valence-corrected chi connectivity index (χ3v) is 6.48. The third kappa shape index (κ3) is 4.18. The molecule has 3 heterocycles. The molecule has 1 saturated heterocycles. The lowest BCUT2D eigenvalue weighted by Crippen LogP contribution is -2.49. The van der Waals surface area contributed by atoms with E-state index in [9.17, 15) is 14.4 Å². The Morgan fingerprint density at radius 2 is 1.67 bits per heavy atom. The zero-order valence-corrected chi connectivity index (χ0v) is 18.4. The van der Waals surface area contributed by atoms with Gasteiger partial charge in [0.2, 0.25) is 5.95 Å². The molecule has 0 saturated carbocycles. The Bertz CT molecular complexity index is 1280. The van der Waals surface area contributed by atoms with Crippen LogP contribution in [-0.2, 0) is 19.4 Å². The summed E-state index contributed by atoms with van der Waals surface area (Å²) in [6, 6.07) is 9.20. The van der Waals surface area contributed by atoms with Crippen molar-refractivity contribution in [2.45, 2.75) is 32.2 Å². The molecule has 170 valence electrons. The largest absolute Gasteiger partial charge is 0.337 e. The Balaban J connectivity index is 1.38. The molecule has 1 aliphatic carbocycles. The Hall–Kier alpha value is -3.75. The number of benzene rings is 1. The smallest absolute Gasteiger partial charge is 0.328 e. The molecule has 5 rings (SSSR count). The lowest BCUT2D eigenvalue weighted by molar-refractivity contribution is 0.0745. The molecule has 1 aliphatic heterocycles. The topological polar surface area (TPSA) is 104 Å². The lowest BCUT2D eigenvalue weighted by atomic mass is 9.96. The molecule has 0 unspecified atom stereocenters. The molecule has 0 atom stereocenters. The van der Waals surface area contributed by atoms with E-state index < -0.39 is 5.69 Å². The summed E-state index contributed by atoms with van der Waals surface area (Å²) in [5.74, 6) is 0.623. The average molecular weight is 447 g/mol. The summed E-state index contributed by atoms with van der Waals surface area (Å²) in [5, 5.41) is 0. The number of piperazine rings is 1. The number of hydrogen-bond donors (Lipinski definition) is 1. The predicted octanol–water partition coefficient (Wildman–Crippen LogP) is 1.22. The van der Waals surface area contributed by atoms with Crippen LogP contribution in [0.2, 0.25) is 0 Å². The monoisotopic (exact) mass is 446 g/mol.